The number of hydrogen-bond donors (Lipinski definition) is 0. The first-order valence-corrected chi connectivity index (χ1v) is 6.59. The lowest BCUT2D eigenvalue weighted by molar-refractivity contribution is 0.231. The summed E-state index contributed by atoms with van der Waals surface area (Å²) in [4.78, 5) is 2.15. The van der Waals surface area contributed by atoms with E-state index < -0.39 is 0 Å². The van der Waals surface area contributed by atoms with Crippen LogP contribution in [0.4, 0.5) is 4.39 Å². The first-order valence-electron chi connectivity index (χ1n) is 6.21. The Kier molecular flexibility index (Phi) is 4.05. The van der Waals surface area contributed by atoms with Crippen molar-refractivity contribution < 1.29 is 4.39 Å². The third kappa shape index (κ3) is 2.80. The zero-order valence-electron chi connectivity index (χ0n) is 10.5. The Labute approximate surface area is 108 Å². The summed E-state index contributed by atoms with van der Waals surface area (Å²) in [7, 11) is 0. The highest BCUT2D eigenvalue weighted by Gasteiger charge is 2.18. The predicted molar refractivity (Wildman–Crippen MR) is 70.5 cm³/mol. The average molecular weight is 256 g/mol. The molecule has 1 aliphatic rings. The molecule has 17 heavy (non-hydrogen) atoms. The maximum atomic E-state index is 12.3. The van der Waals surface area contributed by atoms with Crippen molar-refractivity contribution in [2.45, 2.75) is 32.7 Å². The fourth-order valence-corrected chi connectivity index (χ4v) is 2.81. The molecular formula is C14H19ClFN. The molecule has 1 aromatic rings. The molecule has 0 aromatic heterocycles. The highest BCUT2D eigenvalue weighted by Crippen LogP contribution is 2.30. The summed E-state index contributed by atoms with van der Waals surface area (Å²) in [6.45, 7) is 6.36. The van der Waals surface area contributed by atoms with Crippen LogP contribution in [0, 0.1) is 0 Å². The van der Waals surface area contributed by atoms with Crippen LogP contribution in [-0.2, 0) is 13.0 Å². The first kappa shape index (κ1) is 12.8. The van der Waals surface area contributed by atoms with E-state index in [0.29, 0.717) is 12.5 Å². The number of rotatable bonds is 3. The van der Waals surface area contributed by atoms with E-state index in [0.717, 1.165) is 24.5 Å². The van der Waals surface area contributed by atoms with E-state index in [4.69, 9.17) is 11.6 Å². The van der Waals surface area contributed by atoms with Crippen molar-refractivity contribution >= 4 is 11.6 Å². The minimum atomic E-state index is -0.271. The standard InChI is InChI=1S/C14H19ClFN/c1-10(2)13-7-11-3-5-17(6-4-16)9-12(11)8-14(13)15/h7-8,10H,3-6,9H2,1-2H3. The molecule has 3 heteroatoms. The smallest absolute Gasteiger partial charge is 0.102 e. The molecule has 0 saturated carbocycles. The van der Waals surface area contributed by atoms with Gasteiger partial charge in [-0.2, -0.15) is 0 Å². The lowest BCUT2D eigenvalue weighted by atomic mass is 9.93. The van der Waals surface area contributed by atoms with Crippen LogP contribution in [-0.4, -0.2) is 24.7 Å². The SMILES string of the molecule is CC(C)c1cc2c(cc1Cl)CN(CCF)CC2. The van der Waals surface area contributed by atoms with Crippen LogP contribution in [0.3, 0.4) is 0 Å². The van der Waals surface area contributed by atoms with Crippen LogP contribution < -0.4 is 0 Å². The molecule has 0 spiro atoms. The first-order chi connectivity index (χ1) is 8.11. The van der Waals surface area contributed by atoms with E-state index in [2.05, 4.69) is 30.9 Å². The normalized spacial score (nSPS) is 16.3. The summed E-state index contributed by atoms with van der Waals surface area (Å²) in [5.74, 6) is 0.455. The van der Waals surface area contributed by atoms with Gasteiger partial charge in [0.15, 0.2) is 0 Å². The number of benzene rings is 1. The van der Waals surface area contributed by atoms with E-state index in [1.54, 1.807) is 0 Å². The van der Waals surface area contributed by atoms with Crippen molar-refractivity contribution in [1.29, 1.82) is 0 Å². The van der Waals surface area contributed by atoms with Crippen molar-refractivity contribution in [2.24, 2.45) is 0 Å². The van der Waals surface area contributed by atoms with Crippen molar-refractivity contribution in [2.75, 3.05) is 19.8 Å². The molecule has 0 aliphatic carbocycles. The third-order valence-electron chi connectivity index (χ3n) is 3.43. The second-order valence-corrected chi connectivity index (χ2v) is 5.42. The van der Waals surface area contributed by atoms with E-state index in [-0.39, 0.29) is 6.67 Å². The molecule has 0 unspecified atom stereocenters. The van der Waals surface area contributed by atoms with Gasteiger partial charge in [0, 0.05) is 24.7 Å². The van der Waals surface area contributed by atoms with Crippen LogP contribution in [0.2, 0.25) is 5.02 Å². The van der Waals surface area contributed by atoms with E-state index in [1.807, 2.05) is 0 Å². The molecule has 1 aromatic carbocycles. The molecule has 0 fully saturated rings. The van der Waals surface area contributed by atoms with Gasteiger partial charge in [-0.05, 0) is 35.1 Å². The fourth-order valence-electron chi connectivity index (χ4n) is 2.41. The van der Waals surface area contributed by atoms with Gasteiger partial charge in [0.2, 0.25) is 0 Å². The van der Waals surface area contributed by atoms with Gasteiger partial charge in [-0.15, -0.1) is 0 Å². The Morgan fingerprint density at radius 1 is 1.35 bits per heavy atom. The quantitative estimate of drug-likeness (QED) is 0.794. The largest absolute Gasteiger partial charge is 0.296 e. The zero-order chi connectivity index (χ0) is 12.4. The van der Waals surface area contributed by atoms with Crippen LogP contribution in [0.15, 0.2) is 12.1 Å². The highest BCUT2D eigenvalue weighted by atomic mass is 35.5. The number of alkyl halides is 1. The fraction of sp³-hybridized carbons (Fsp3) is 0.571. The molecule has 0 N–H and O–H groups in total. The van der Waals surface area contributed by atoms with Crippen molar-refractivity contribution in [3.05, 3.63) is 33.8 Å². The van der Waals surface area contributed by atoms with Crippen molar-refractivity contribution in [1.82, 2.24) is 4.90 Å². The summed E-state index contributed by atoms with van der Waals surface area (Å²) < 4.78 is 12.3. The van der Waals surface area contributed by atoms with Gasteiger partial charge in [-0.1, -0.05) is 31.5 Å². The van der Waals surface area contributed by atoms with Crippen molar-refractivity contribution in [3.8, 4) is 0 Å². The number of halogens is 2. The molecule has 1 nitrogen and oxygen atoms in total. The summed E-state index contributed by atoms with van der Waals surface area (Å²) in [6.07, 6.45) is 1.01. The van der Waals surface area contributed by atoms with Gasteiger partial charge < -0.3 is 0 Å². The molecule has 0 saturated heterocycles. The van der Waals surface area contributed by atoms with Gasteiger partial charge in [-0.25, -0.2) is 4.39 Å². The van der Waals surface area contributed by atoms with Gasteiger partial charge in [0.05, 0.1) is 0 Å². The topological polar surface area (TPSA) is 3.24 Å². The van der Waals surface area contributed by atoms with Crippen LogP contribution in [0.25, 0.3) is 0 Å². The number of hydrogen-bond acceptors (Lipinski definition) is 1. The number of fused-ring (bicyclic) bond motifs is 1. The molecule has 94 valence electrons. The van der Waals surface area contributed by atoms with Crippen LogP contribution >= 0.6 is 11.6 Å². The second-order valence-electron chi connectivity index (χ2n) is 5.01. The van der Waals surface area contributed by atoms with Gasteiger partial charge in [-0.3, -0.25) is 4.90 Å². The molecular weight excluding hydrogens is 237 g/mol. The predicted octanol–water partition coefficient (Wildman–Crippen LogP) is 3.79. The summed E-state index contributed by atoms with van der Waals surface area (Å²) in [5, 5.41) is 0.848. The Hall–Kier alpha value is -0.600. The molecule has 0 atom stereocenters. The van der Waals surface area contributed by atoms with E-state index >= 15 is 0 Å². The second kappa shape index (κ2) is 5.36. The Morgan fingerprint density at radius 3 is 2.76 bits per heavy atom. The van der Waals surface area contributed by atoms with Crippen molar-refractivity contribution in [3.63, 3.8) is 0 Å². The molecule has 1 aliphatic heterocycles. The molecule has 1 heterocycles. The maximum Gasteiger partial charge on any atom is 0.102 e. The van der Waals surface area contributed by atoms with Crippen LogP contribution in [0.5, 0.6) is 0 Å². The summed E-state index contributed by atoms with van der Waals surface area (Å²) in [5.41, 5.74) is 3.87. The Bertz CT molecular complexity index is 403. The lowest BCUT2D eigenvalue weighted by Crippen LogP contribution is -2.32. The highest BCUT2D eigenvalue weighted by molar-refractivity contribution is 6.31. The Morgan fingerprint density at radius 2 is 2.12 bits per heavy atom. The maximum absolute atomic E-state index is 12.3. The van der Waals surface area contributed by atoms with Crippen LogP contribution in [0.1, 0.15) is 36.5 Å². The Balaban J connectivity index is 2.25. The van der Waals surface area contributed by atoms with Gasteiger partial charge in [0.25, 0.3) is 0 Å². The lowest BCUT2D eigenvalue weighted by Gasteiger charge is -2.29. The van der Waals surface area contributed by atoms with E-state index in [1.165, 1.54) is 16.7 Å². The molecule has 0 amide bonds. The molecule has 0 bridgehead atoms. The van der Waals surface area contributed by atoms with Gasteiger partial charge >= 0.3 is 0 Å². The minimum Gasteiger partial charge on any atom is -0.296 e. The number of nitrogens with zero attached hydrogens (tertiary/aromatic N) is 1. The third-order valence-corrected chi connectivity index (χ3v) is 3.76. The summed E-state index contributed by atoms with van der Waals surface area (Å²) >= 11 is 6.29. The van der Waals surface area contributed by atoms with E-state index in [9.17, 15) is 4.39 Å². The molecule has 2 rings (SSSR count). The monoisotopic (exact) mass is 255 g/mol. The summed E-state index contributed by atoms with van der Waals surface area (Å²) in [6, 6.07) is 4.30. The van der Waals surface area contributed by atoms with Gasteiger partial charge in [0.1, 0.15) is 6.67 Å². The zero-order valence-corrected chi connectivity index (χ0v) is 11.2. The average Bonchev–Trinajstić information content (AvgIpc) is 2.28. The minimum absolute atomic E-state index is 0.271. The molecule has 0 radical (unpaired) electrons.